The first-order valence-corrected chi connectivity index (χ1v) is 5.33. The van der Waals surface area contributed by atoms with Crippen molar-refractivity contribution in [3.8, 4) is 11.5 Å². The summed E-state index contributed by atoms with van der Waals surface area (Å²) in [4.78, 5) is 22.1. The van der Waals surface area contributed by atoms with Crippen molar-refractivity contribution >= 4 is 11.9 Å². The van der Waals surface area contributed by atoms with Crippen LogP contribution in [0.1, 0.15) is 16.8 Å². The lowest BCUT2D eigenvalue weighted by atomic mass is 10.2. The van der Waals surface area contributed by atoms with E-state index in [1.54, 1.807) is 12.1 Å². The molecule has 0 aromatic heterocycles. The third kappa shape index (κ3) is 3.38. The van der Waals surface area contributed by atoms with Crippen molar-refractivity contribution in [1.82, 2.24) is 5.32 Å². The van der Waals surface area contributed by atoms with Gasteiger partial charge in [-0.15, -0.1) is 0 Å². The van der Waals surface area contributed by atoms with Gasteiger partial charge in [0.25, 0.3) is 0 Å². The molecule has 18 heavy (non-hydrogen) atoms. The van der Waals surface area contributed by atoms with Gasteiger partial charge in [-0.3, -0.25) is 4.79 Å². The number of carbonyl (C=O) groups excluding carboxylic acids is 1. The number of aromatic carboxylic acids is 1. The summed E-state index contributed by atoms with van der Waals surface area (Å²) in [6.07, 6.45) is 0.146. The number of nitrogens with one attached hydrogen (secondary N) is 1. The summed E-state index contributed by atoms with van der Waals surface area (Å²) in [7, 11) is 2.95. The summed E-state index contributed by atoms with van der Waals surface area (Å²) >= 11 is 0. The van der Waals surface area contributed by atoms with E-state index in [0.717, 1.165) is 0 Å². The molecule has 98 valence electrons. The van der Waals surface area contributed by atoms with Crippen molar-refractivity contribution in [3.63, 3.8) is 0 Å². The molecular formula is C12H15NO5. The summed E-state index contributed by atoms with van der Waals surface area (Å²) in [5.41, 5.74) is 0.00579. The number of benzene rings is 1. The zero-order chi connectivity index (χ0) is 13.5. The van der Waals surface area contributed by atoms with Crippen LogP contribution in [0.15, 0.2) is 18.2 Å². The van der Waals surface area contributed by atoms with Gasteiger partial charge in [0.2, 0.25) is 5.91 Å². The molecule has 6 heteroatoms. The number of rotatable bonds is 6. The molecule has 0 heterocycles. The molecular weight excluding hydrogens is 238 g/mol. The Bertz CT molecular complexity index is 444. The largest absolute Gasteiger partial charge is 0.493 e. The van der Waals surface area contributed by atoms with Crippen molar-refractivity contribution in [3.05, 3.63) is 23.8 Å². The molecule has 0 fully saturated rings. The number of para-hydroxylation sites is 1. The normalized spacial score (nSPS) is 9.67. The highest BCUT2D eigenvalue weighted by Gasteiger charge is 2.16. The maximum atomic E-state index is 11.0. The van der Waals surface area contributed by atoms with Crippen LogP contribution in [0, 0.1) is 0 Å². The smallest absolute Gasteiger partial charge is 0.339 e. The predicted molar refractivity (Wildman–Crippen MR) is 64.1 cm³/mol. The molecule has 6 nitrogen and oxygen atoms in total. The molecule has 0 spiro atoms. The maximum absolute atomic E-state index is 11.0. The van der Waals surface area contributed by atoms with E-state index in [-0.39, 0.29) is 30.2 Å². The van der Waals surface area contributed by atoms with E-state index in [1.807, 2.05) is 0 Å². The fourth-order valence-electron chi connectivity index (χ4n) is 1.36. The first kappa shape index (κ1) is 13.8. The second-order valence-corrected chi connectivity index (χ2v) is 3.41. The van der Waals surface area contributed by atoms with Crippen LogP contribution >= 0.6 is 0 Å². The highest BCUT2D eigenvalue weighted by atomic mass is 16.5. The molecule has 0 aliphatic carbocycles. The minimum Gasteiger partial charge on any atom is -0.493 e. The Morgan fingerprint density at radius 3 is 2.67 bits per heavy atom. The van der Waals surface area contributed by atoms with E-state index in [1.165, 1.54) is 20.2 Å². The van der Waals surface area contributed by atoms with Crippen LogP contribution in [0.2, 0.25) is 0 Å². The summed E-state index contributed by atoms with van der Waals surface area (Å²) in [5.74, 6) is -0.825. The van der Waals surface area contributed by atoms with Gasteiger partial charge in [0.1, 0.15) is 5.56 Å². The van der Waals surface area contributed by atoms with Crippen molar-refractivity contribution in [2.24, 2.45) is 0 Å². The highest BCUT2D eigenvalue weighted by Crippen LogP contribution is 2.31. The number of carbonyl (C=O) groups is 2. The standard InChI is InChI=1S/C12H15NO5/c1-13-10(14)6-7-18-11-8(12(15)16)4-3-5-9(11)17-2/h3-5H,6-7H2,1-2H3,(H,13,14)(H,15,16). The van der Waals surface area contributed by atoms with Crippen LogP contribution in [0.5, 0.6) is 11.5 Å². The van der Waals surface area contributed by atoms with Gasteiger partial charge in [0.15, 0.2) is 11.5 Å². The minimum atomic E-state index is -1.11. The van der Waals surface area contributed by atoms with Crippen LogP contribution in [0.25, 0.3) is 0 Å². The molecule has 2 N–H and O–H groups in total. The van der Waals surface area contributed by atoms with E-state index in [9.17, 15) is 9.59 Å². The van der Waals surface area contributed by atoms with Gasteiger partial charge in [0.05, 0.1) is 20.1 Å². The Balaban J connectivity index is 2.84. The van der Waals surface area contributed by atoms with Crippen LogP contribution in [0.4, 0.5) is 0 Å². The highest BCUT2D eigenvalue weighted by molar-refractivity contribution is 5.92. The minimum absolute atomic E-state index is 0.00579. The number of carboxylic acids is 1. The van der Waals surface area contributed by atoms with Gasteiger partial charge in [0, 0.05) is 7.05 Å². The second-order valence-electron chi connectivity index (χ2n) is 3.41. The maximum Gasteiger partial charge on any atom is 0.339 e. The summed E-state index contributed by atoms with van der Waals surface area (Å²) in [6.45, 7) is 0.0837. The van der Waals surface area contributed by atoms with Crippen molar-refractivity contribution in [2.45, 2.75) is 6.42 Å². The number of amides is 1. The molecule has 0 bridgehead atoms. The fourth-order valence-corrected chi connectivity index (χ4v) is 1.36. The Morgan fingerprint density at radius 2 is 2.11 bits per heavy atom. The topological polar surface area (TPSA) is 84.9 Å². The predicted octanol–water partition coefficient (Wildman–Crippen LogP) is 0.908. The Hall–Kier alpha value is -2.24. The lowest BCUT2D eigenvalue weighted by Crippen LogP contribution is -2.20. The Morgan fingerprint density at radius 1 is 1.39 bits per heavy atom. The molecule has 0 saturated carbocycles. The van der Waals surface area contributed by atoms with Gasteiger partial charge in [-0.25, -0.2) is 4.79 Å². The molecule has 0 aliphatic heterocycles. The van der Waals surface area contributed by atoms with Crippen LogP contribution in [0.3, 0.4) is 0 Å². The monoisotopic (exact) mass is 253 g/mol. The number of carboxylic acid groups (broad SMARTS) is 1. The van der Waals surface area contributed by atoms with Crippen LogP contribution in [-0.2, 0) is 4.79 Å². The van der Waals surface area contributed by atoms with E-state index >= 15 is 0 Å². The molecule has 0 atom stereocenters. The summed E-state index contributed by atoms with van der Waals surface area (Å²) in [6, 6.07) is 4.58. The Labute approximate surface area is 105 Å². The number of hydrogen-bond donors (Lipinski definition) is 2. The van der Waals surface area contributed by atoms with E-state index < -0.39 is 5.97 Å². The molecule has 1 rings (SSSR count). The van der Waals surface area contributed by atoms with E-state index in [0.29, 0.717) is 5.75 Å². The van der Waals surface area contributed by atoms with Crippen molar-refractivity contribution in [2.75, 3.05) is 20.8 Å². The lowest BCUT2D eigenvalue weighted by molar-refractivity contribution is -0.121. The van der Waals surface area contributed by atoms with Gasteiger partial charge in [-0.05, 0) is 12.1 Å². The quantitative estimate of drug-likeness (QED) is 0.787. The van der Waals surface area contributed by atoms with E-state index in [2.05, 4.69) is 5.32 Å². The average molecular weight is 253 g/mol. The third-order valence-corrected chi connectivity index (χ3v) is 2.28. The van der Waals surface area contributed by atoms with Crippen molar-refractivity contribution < 1.29 is 24.2 Å². The molecule has 1 aromatic carbocycles. The zero-order valence-corrected chi connectivity index (χ0v) is 10.2. The second kappa shape index (κ2) is 6.48. The molecule has 1 amide bonds. The SMILES string of the molecule is CNC(=O)CCOc1c(OC)cccc1C(=O)O. The Kier molecular flexibility index (Phi) is 4.98. The molecule has 0 radical (unpaired) electrons. The number of hydrogen-bond acceptors (Lipinski definition) is 4. The summed E-state index contributed by atoms with van der Waals surface area (Å²) in [5, 5.41) is 11.5. The molecule has 0 aliphatic rings. The number of ether oxygens (including phenoxy) is 2. The molecule has 0 unspecified atom stereocenters. The summed E-state index contributed by atoms with van der Waals surface area (Å²) < 4.78 is 10.4. The van der Waals surface area contributed by atoms with Crippen molar-refractivity contribution in [1.29, 1.82) is 0 Å². The van der Waals surface area contributed by atoms with Gasteiger partial charge in [-0.1, -0.05) is 6.07 Å². The van der Waals surface area contributed by atoms with Crippen LogP contribution < -0.4 is 14.8 Å². The lowest BCUT2D eigenvalue weighted by Gasteiger charge is -2.12. The number of methoxy groups -OCH3 is 1. The van der Waals surface area contributed by atoms with Crippen LogP contribution in [-0.4, -0.2) is 37.7 Å². The van der Waals surface area contributed by atoms with Gasteiger partial charge in [-0.2, -0.15) is 0 Å². The molecule has 0 saturated heterocycles. The molecule has 1 aromatic rings. The van der Waals surface area contributed by atoms with Gasteiger partial charge < -0.3 is 19.9 Å². The zero-order valence-electron chi connectivity index (χ0n) is 10.2. The average Bonchev–Trinajstić information content (AvgIpc) is 2.38. The van der Waals surface area contributed by atoms with E-state index in [4.69, 9.17) is 14.6 Å². The first-order chi connectivity index (χ1) is 8.60. The van der Waals surface area contributed by atoms with Gasteiger partial charge >= 0.3 is 5.97 Å². The first-order valence-electron chi connectivity index (χ1n) is 5.33. The third-order valence-electron chi connectivity index (χ3n) is 2.28. The fraction of sp³-hybridized carbons (Fsp3) is 0.333.